The van der Waals surface area contributed by atoms with Gasteiger partial charge in [0.15, 0.2) is 0 Å². The molecular weight excluding hydrogens is 254 g/mol. The fraction of sp³-hybridized carbons (Fsp3) is 0.786. The number of hydrogen-bond acceptors (Lipinski definition) is 6. The van der Waals surface area contributed by atoms with Crippen molar-refractivity contribution >= 4 is 11.9 Å². The molecule has 2 heterocycles. The van der Waals surface area contributed by atoms with Crippen LogP contribution < -0.4 is 15.0 Å². The van der Waals surface area contributed by atoms with Crippen molar-refractivity contribution in [3.63, 3.8) is 0 Å². The third-order valence-corrected chi connectivity index (χ3v) is 3.59. The predicted molar refractivity (Wildman–Crippen MR) is 80.4 cm³/mol. The highest BCUT2D eigenvalue weighted by molar-refractivity contribution is 5.39. The summed E-state index contributed by atoms with van der Waals surface area (Å²) >= 11 is 0. The summed E-state index contributed by atoms with van der Waals surface area (Å²) in [5.41, 5.74) is 0. The van der Waals surface area contributed by atoms with Crippen LogP contribution >= 0.6 is 0 Å². The van der Waals surface area contributed by atoms with Crippen molar-refractivity contribution in [3.05, 3.63) is 0 Å². The molecule has 1 saturated heterocycles. The van der Waals surface area contributed by atoms with E-state index < -0.39 is 0 Å². The van der Waals surface area contributed by atoms with Gasteiger partial charge in [-0.15, -0.1) is 0 Å². The first-order valence-electron chi connectivity index (χ1n) is 7.53. The number of hydrogen-bond donors (Lipinski definition) is 1. The molecule has 1 N–H and O–H groups in total. The highest BCUT2D eigenvalue weighted by Crippen LogP contribution is 2.26. The monoisotopic (exact) mass is 279 g/mol. The summed E-state index contributed by atoms with van der Waals surface area (Å²) in [4.78, 5) is 15.5. The largest absolute Gasteiger partial charge is 0.464 e. The van der Waals surface area contributed by atoms with Crippen LogP contribution in [-0.4, -0.2) is 40.7 Å². The smallest absolute Gasteiger partial charge is 0.323 e. The summed E-state index contributed by atoms with van der Waals surface area (Å²) < 4.78 is 5.46. The average molecular weight is 279 g/mol. The SMILES string of the molecule is CCNc1nc(OCC)nc(N2CC(C)CCC2C)n1. The molecule has 0 bridgehead atoms. The molecule has 2 unspecified atom stereocenters. The van der Waals surface area contributed by atoms with Gasteiger partial charge >= 0.3 is 6.01 Å². The lowest BCUT2D eigenvalue weighted by molar-refractivity contribution is 0.310. The molecule has 2 rings (SSSR count). The molecule has 6 nitrogen and oxygen atoms in total. The average Bonchev–Trinajstić information content (AvgIpc) is 2.42. The van der Waals surface area contributed by atoms with Gasteiger partial charge in [0.1, 0.15) is 0 Å². The summed E-state index contributed by atoms with van der Waals surface area (Å²) in [5, 5.41) is 3.14. The Morgan fingerprint density at radius 2 is 2.00 bits per heavy atom. The Bertz CT molecular complexity index is 415. The van der Waals surface area contributed by atoms with Crippen LogP contribution in [-0.2, 0) is 0 Å². The highest BCUT2D eigenvalue weighted by atomic mass is 16.5. The van der Waals surface area contributed by atoms with Crippen molar-refractivity contribution in [2.45, 2.75) is 46.6 Å². The van der Waals surface area contributed by atoms with E-state index in [2.05, 4.69) is 39.0 Å². The Morgan fingerprint density at radius 1 is 1.20 bits per heavy atom. The van der Waals surface area contributed by atoms with Crippen LogP contribution in [0.25, 0.3) is 0 Å². The third kappa shape index (κ3) is 3.49. The highest BCUT2D eigenvalue weighted by Gasteiger charge is 2.26. The van der Waals surface area contributed by atoms with E-state index in [0.29, 0.717) is 30.5 Å². The van der Waals surface area contributed by atoms with E-state index in [1.165, 1.54) is 12.8 Å². The van der Waals surface area contributed by atoms with Crippen molar-refractivity contribution in [3.8, 4) is 6.01 Å². The Morgan fingerprint density at radius 3 is 2.70 bits per heavy atom. The van der Waals surface area contributed by atoms with Gasteiger partial charge in [0, 0.05) is 19.1 Å². The van der Waals surface area contributed by atoms with Crippen LogP contribution in [0.4, 0.5) is 11.9 Å². The molecule has 1 aliphatic rings. The zero-order chi connectivity index (χ0) is 14.5. The minimum absolute atomic E-state index is 0.402. The summed E-state index contributed by atoms with van der Waals surface area (Å²) in [6.45, 7) is 10.8. The zero-order valence-corrected chi connectivity index (χ0v) is 12.9. The lowest BCUT2D eigenvalue weighted by Gasteiger charge is -2.36. The fourth-order valence-electron chi connectivity index (χ4n) is 2.47. The topological polar surface area (TPSA) is 63.2 Å². The van der Waals surface area contributed by atoms with Gasteiger partial charge in [-0.2, -0.15) is 15.0 Å². The molecule has 6 heteroatoms. The van der Waals surface area contributed by atoms with Crippen molar-refractivity contribution in [1.82, 2.24) is 15.0 Å². The second kappa shape index (κ2) is 6.72. The first-order chi connectivity index (χ1) is 9.63. The van der Waals surface area contributed by atoms with Gasteiger partial charge in [0.25, 0.3) is 0 Å². The number of ether oxygens (including phenoxy) is 1. The Balaban J connectivity index is 2.28. The lowest BCUT2D eigenvalue weighted by Crippen LogP contribution is -2.42. The molecule has 2 atom stereocenters. The lowest BCUT2D eigenvalue weighted by atomic mass is 9.95. The van der Waals surface area contributed by atoms with Crippen LogP contribution in [0.15, 0.2) is 0 Å². The van der Waals surface area contributed by atoms with E-state index in [9.17, 15) is 0 Å². The van der Waals surface area contributed by atoms with Gasteiger partial charge in [0.2, 0.25) is 11.9 Å². The van der Waals surface area contributed by atoms with Crippen molar-refractivity contribution < 1.29 is 4.74 Å². The first-order valence-corrected chi connectivity index (χ1v) is 7.53. The minimum atomic E-state index is 0.402. The van der Waals surface area contributed by atoms with E-state index in [0.717, 1.165) is 19.0 Å². The van der Waals surface area contributed by atoms with E-state index in [4.69, 9.17) is 4.74 Å². The number of nitrogens with zero attached hydrogens (tertiary/aromatic N) is 4. The molecule has 1 fully saturated rings. The molecule has 112 valence electrons. The molecule has 0 radical (unpaired) electrons. The van der Waals surface area contributed by atoms with Gasteiger partial charge in [-0.05, 0) is 39.5 Å². The molecule has 0 spiro atoms. The molecule has 1 aliphatic heterocycles. The van der Waals surface area contributed by atoms with Gasteiger partial charge < -0.3 is 15.0 Å². The number of piperidine rings is 1. The molecular formula is C14H25N5O. The number of nitrogens with one attached hydrogen (secondary N) is 1. The van der Waals surface area contributed by atoms with Crippen LogP contribution in [0.2, 0.25) is 0 Å². The van der Waals surface area contributed by atoms with Crippen molar-refractivity contribution in [2.75, 3.05) is 29.9 Å². The van der Waals surface area contributed by atoms with Gasteiger partial charge in [-0.1, -0.05) is 6.92 Å². The molecule has 20 heavy (non-hydrogen) atoms. The van der Waals surface area contributed by atoms with E-state index in [1.807, 2.05) is 13.8 Å². The third-order valence-electron chi connectivity index (χ3n) is 3.59. The number of aromatic nitrogens is 3. The number of anilines is 2. The Hall–Kier alpha value is -1.59. The second-order valence-corrected chi connectivity index (χ2v) is 5.39. The van der Waals surface area contributed by atoms with Crippen molar-refractivity contribution in [2.24, 2.45) is 5.92 Å². The molecule has 0 aliphatic carbocycles. The number of rotatable bonds is 5. The maximum Gasteiger partial charge on any atom is 0.323 e. The van der Waals surface area contributed by atoms with Crippen LogP contribution in [0, 0.1) is 5.92 Å². The molecule has 1 aromatic rings. The maximum absolute atomic E-state index is 5.46. The summed E-state index contributed by atoms with van der Waals surface area (Å²) in [6, 6.07) is 0.858. The van der Waals surface area contributed by atoms with Crippen LogP contribution in [0.3, 0.4) is 0 Å². The maximum atomic E-state index is 5.46. The van der Waals surface area contributed by atoms with Crippen molar-refractivity contribution in [1.29, 1.82) is 0 Å². The molecule has 0 amide bonds. The summed E-state index contributed by atoms with van der Waals surface area (Å²) in [7, 11) is 0. The standard InChI is InChI=1S/C14H25N5O/c1-5-15-12-16-13(18-14(17-12)20-6-2)19-9-10(3)7-8-11(19)4/h10-11H,5-9H2,1-4H3,(H,15,16,17,18). The molecule has 0 saturated carbocycles. The normalized spacial score (nSPS) is 22.7. The zero-order valence-electron chi connectivity index (χ0n) is 12.9. The van der Waals surface area contributed by atoms with Gasteiger partial charge in [0.05, 0.1) is 6.61 Å². The summed E-state index contributed by atoms with van der Waals surface area (Å²) in [5.74, 6) is 1.98. The van der Waals surface area contributed by atoms with Crippen LogP contribution in [0.5, 0.6) is 6.01 Å². The minimum Gasteiger partial charge on any atom is -0.464 e. The van der Waals surface area contributed by atoms with Gasteiger partial charge in [-0.25, -0.2) is 0 Å². The Labute approximate surface area is 121 Å². The Kier molecular flexibility index (Phi) is 4.98. The predicted octanol–water partition coefficient (Wildman–Crippen LogP) is 2.33. The van der Waals surface area contributed by atoms with E-state index >= 15 is 0 Å². The van der Waals surface area contributed by atoms with E-state index in [-0.39, 0.29) is 0 Å². The summed E-state index contributed by atoms with van der Waals surface area (Å²) in [6.07, 6.45) is 2.44. The first kappa shape index (κ1) is 14.8. The quantitative estimate of drug-likeness (QED) is 0.892. The van der Waals surface area contributed by atoms with Gasteiger partial charge in [-0.3, -0.25) is 0 Å². The second-order valence-electron chi connectivity index (χ2n) is 5.39. The van der Waals surface area contributed by atoms with E-state index in [1.54, 1.807) is 0 Å². The molecule has 1 aromatic heterocycles. The molecule has 0 aromatic carbocycles. The van der Waals surface area contributed by atoms with Crippen LogP contribution in [0.1, 0.15) is 40.5 Å². The fourth-order valence-corrected chi connectivity index (χ4v) is 2.47.